The van der Waals surface area contributed by atoms with Gasteiger partial charge in [-0.25, -0.2) is 14.8 Å². The molecule has 1 heterocycles. The third-order valence-corrected chi connectivity index (χ3v) is 4.40. The number of methoxy groups -OCH3 is 1. The number of hydrogen-bond donors (Lipinski definition) is 4. The number of carbonyl (C=O) groups is 2. The first-order valence-electron chi connectivity index (χ1n) is 8.36. The standard InChI is InChI=1S/C19H17BrN6O3/c1-29-19(28)13-4-2-3-5-14(13)24-16-15(21)17(23-10-22-16)25-26-18(27)11-6-8-12(20)9-7-11/h2-10H,21H2,1H3,(H,26,27)(H2,22,23,24,25). The zero-order valence-electron chi connectivity index (χ0n) is 15.3. The summed E-state index contributed by atoms with van der Waals surface area (Å²) < 4.78 is 5.64. The van der Waals surface area contributed by atoms with Gasteiger partial charge < -0.3 is 15.8 Å². The minimum atomic E-state index is -0.499. The monoisotopic (exact) mass is 456 g/mol. The summed E-state index contributed by atoms with van der Waals surface area (Å²) in [5.74, 6) is -0.401. The van der Waals surface area contributed by atoms with E-state index in [1.165, 1.54) is 13.4 Å². The number of nitrogens with one attached hydrogen (secondary N) is 3. The van der Waals surface area contributed by atoms with Crippen LogP contribution < -0.4 is 21.9 Å². The lowest BCUT2D eigenvalue weighted by atomic mass is 10.2. The van der Waals surface area contributed by atoms with Crippen LogP contribution in [0.4, 0.5) is 23.0 Å². The molecule has 148 valence electrons. The second kappa shape index (κ2) is 9.02. The molecule has 1 aromatic heterocycles. The van der Waals surface area contributed by atoms with E-state index >= 15 is 0 Å². The smallest absolute Gasteiger partial charge is 0.339 e. The number of carbonyl (C=O) groups excluding carboxylic acids is 2. The molecular weight excluding hydrogens is 440 g/mol. The maximum Gasteiger partial charge on any atom is 0.339 e. The largest absolute Gasteiger partial charge is 0.465 e. The molecule has 3 rings (SSSR count). The van der Waals surface area contributed by atoms with E-state index in [1.54, 1.807) is 48.5 Å². The van der Waals surface area contributed by atoms with Crippen LogP contribution in [-0.4, -0.2) is 29.0 Å². The lowest BCUT2D eigenvalue weighted by molar-refractivity contribution is 0.0601. The van der Waals surface area contributed by atoms with E-state index in [-0.39, 0.29) is 23.2 Å². The van der Waals surface area contributed by atoms with Crippen molar-refractivity contribution >= 4 is 50.8 Å². The second-order valence-electron chi connectivity index (χ2n) is 5.73. The van der Waals surface area contributed by atoms with Crippen LogP contribution in [0.1, 0.15) is 20.7 Å². The third kappa shape index (κ3) is 4.79. The Kier molecular flexibility index (Phi) is 6.25. The van der Waals surface area contributed by atoms with Gasteiger partial charge in [-0.3, -0.25) is 15.6 Å². The number of esters is 1. The third-order valence-electron chi connectivity index (χ3n) is 3.87. The molecule has 29 heavy (non-hydrogen) atoms. The van der Waals surface area contributed by atoms with Crippen LogP contribution in [0.5, 0.6) is 0 Å². The second-order valence-corrected chi connectivity index (χ2v) is 6.65. The van der Waals surface area contributed by atoms with E-state index in [4.69, 9.17) is 10.5 Å². The van der Waals surface area contributed by atoms with Crippen LogP contribution in [0.15, 0.2) is 59.3 Å². The van der Waals surface area contributed by atoms with Gasteiger partial charge in [0.2, 0.25) is 0 Å². The molecule has 10 heteroatoms. The summed E-state index contributed by atoms with van der Waals surface area (Å²) in [5, 5.41) is 2.99. The Bertz CT molecular complexity index is 1040. The number of para-hydroxylation sites is 1. The lowest BCUT2D eigenvalue weighted by Crippen LogP contribution is -2.30. The van der Waals surface area contributed by atoms with Crippen molar-refractivity contribution in [3.8, 4) is 0 Å². The zero-order valence-corrected chi connectivity index (χ0v) is 16.9. The van der Waals surface area contributed by atoms with Crippen LogP contribution in [0, 0.1) is 0 Å². The topological polar surface area (TPSA) is 131 Å². The highest BCUT2D eigenvalue weighted by Crippen LogP contribution is 2.27. The first-order valence-corrected chi connectivity index (χ1v) is 9.15. The molecular formula is C19H17BrN6O3. The Labute approximate surface area is 174 Å². The number of aromatic nitrogens is 2. The molecule has 0 aliphatic carbocycles. The molecule has 0 radical (unpaired) electrons. The molecule has 0 saturated carbocycles. The molecule has 1 amide bonds. The highest BCUT2D eigenvalue weighted by molar-refractivity contribution is 9.10. The minimum Gasteiger partial charge on any atom is -0.465 e. The zero-order chi connectivity index (χ0) is 20.8. The van der Waals surface area contributed by atoms with Crippen LogP contribution in [0.2, 0.25) is 0 Å². The molecule has 0 aliphatic rings. The van der Waals surface area contributed by atoms with Gasteiger partial charge in [0.15, 0.2) is 11.6 Å². The van der Waals surface area contributed by atoms with Gasteiger partial charge in [-0.15, -0.1) is 0 Å². The average molecular weight is 457 g/mol. The Morgan fingerprint density at radius 2 is 1.72 bits per heavy atom. The number of amides is 1. The van der Waals surface area contributed by atoms with E-state index < -0.39 is 5.97 Å². The van der Waals surface area contributed by atoms with Gasteiger partial charge in [0.25, 0.3) is 5.91 Å². The summed E-state index contributed by atoms with van der Waals surface area (Å²) in [6, 6.07) is 13.6. The van der Waals surface area contributed by atoms with Crippen molar-refractivity contribution in [2.75, 3.05) is 23.6 Å². The van der Waals surface area contributed by atoms with Crippen molar-refractivity contribution in [1.82, 2.24) is 15.4 Å². The Balaban J connectivity index is 1.76. The number of rotatable bonds is 6. The predicted molar refractivity (Wildman–Crippen MR) is 113 cm³/mol. The molecule has 0 unspecified atom stereocenters. The summed E-state index contributed by atoms with van der Waals surface area (Å²) in [6.07, 6.45) is 1.27. The number of anilines is 4. The summed E-state index contributed by atoms with van der Waals surface area (Å²) in [5.41, 5.74) is 12.7. The average Bonchev–Trinajstić information content (AvgIpc) is 2.74. The van der Waals surface area contributed by atoms with Crippen molar-refractivity contribution in [3.63, 3.8) is 0 Å². The first kappa shape index (κ1) is 20.1. The van der Waals surface area contributed by atoms with Crippen molar-refractivity contribution in [2.24, 2.45) is 0 Å². The van der Waals surface area contributed by atoms with Crippen LogP contribution in [-0.2, 0) is 4.74 Å². The number of ether oxygens (including phenoxy) is 1. The highest BCUT2D eigenvalue weighted by atomic mass is 79.9. The van der Waals surface area contributed by atoms with Gasteiger partial charge in [0, 0.05) is 10.0 Å². The summed E-state index contributed by atoms with van der Waals surface area (Å²) in [6.45, 7) is 0. The van der Waals surface area contributed by atoms with Crippen molar-refractivity contribution in [2.45, 2.75) is 0 Å². The number of nitrogen functional groups attached to an aromatic ring is 1. The quantitative estimate of drug-likeness (QED) is 0.328. The Morgan fingerprint density at radius 3 is 2.45 bits per heavy atom. The van der Waals surface area contributed by atoms with Crippen molar-refractivity contribution in [3.05, 3.63) is 70.5 Å². The Morgan fingerprint density at radius 1 is 1.03 bits per heavy atom. The summed E-state index contributed by atoms with van der Waals surface area (Å²) in [4.78, 5) is 32.3. The van der Waals surface area contributed by atoms with Crippen LogP contribution in [0.25, 0.3) is 0 Å². The number of hydrazine groups is 1. The SMILES string of the molecule is COC(=O)c1ccccc1Nc1ncnc(NNC(=O)c2ccc(Br)cc2)c1N. The number of nitrogens with two attached hydrogens (primary N) is 1. The minimum absolute atomic E-state index is 0.156. The fourth-order valence-corrected chi connectivity index (χ4v) is 2.66. The molecule has 3 aromatic rings. The van der Waals surface area contributed by atoms with Gasteiger partial charge >= 0.3 is 5.97 Å². The summed E-state index contributed by atoms with van der Waals surface area (Å²) in [7, 11) is 1.30. The number of nitrogens with zero attached hydrogens (tertiary/aromatic N) is 2. The van der Waals surface area contributed by atoms with Gasteiger partial charge in [0.05, 0.1) is 18.4 Å². The molecule has 0 saturated heterocycles. The first-order chi connectivity index (χ1) is 14.0. The summed E-state index contributed by atoms with van der Waals surface area (Å²) >= 11 is 3.32. The van der Waals surface area contributed by atoms with E-state index in [0.717, 1.165) is 4.47 Å². The Hall–Kier alpha value is -3.66. The normalized spacial score (nSPS) is 10.1. The van der Waals surface area contributed by atoms with Crippen molar-refractivity contribution in [1.29, 1.82) is 0 Å². The molecule has 5 N–H and O–H groups in total. The number of benzene rings is 2. The fraction of sp³-hybridized carbons (Fsp3) is 0.0526. The molecule has 9 nitrogen and oxygen atoms in total. The predicted octanol–water partition coefficient (Wildman–Crippen LogP) is 3.11. The van der Waals surface area contributed by atoms with E-state index in [0.29, 0.717) is 16.8 Å². The van der Waals surface area contributed by atoms with Crippen molar-refractivity contribution < 1.29 is 14.3 Å². The maximum atomic E-state index is 12.2. The van der Waals surface area contributed by atoms with Gasteiger partial charge in [-0.05, 0) is 36.4 Å². The fourth-order valence-electron chi connectivity index (χ4n) is 2.39. The molecule has 0 spiro atoms. The van der Waals surface area contributed by atoms with Gasteiger partial charge in [0.1, 0.15) is 12.0 Å². The molecule has 0 bridgehead atoms. The molecule has 0 atom stereocenters. The van der Waals surface area contributed by atoms with Gasteiger partial charge in [-0.2, -0.15) is 0 Å². The molecule has 0 fully saturated rings. The van der Waals surface area contributed by atoms with E-state index in [2.05, 4.69) is 42.1 Å². The number of halogens is 1. The lowest BCUT2D eigenvalue weighted by Gasteiger charge is -2.14. The van der Waals surface area contributed by atoms with E-state index in [1.807, 2.05) is 0 Å². The van der Waals surface area contributed by atoms with E-state index in [9.17, 15) is 9.59 Å². The van der Waals surface area contributed by atoms with Gasteiger partial charge in [-0.1, -0.05) is 28.1 Å². The van der Waals surface area contributed by atoms with Crippen LogP contribution in [0.3, 0.4) is 0 Å². The molecule has 2 aromatic carbocycles. The molecule has 0 aliphatic heterocycles. The van der Waals surface area contributed by atoms with Crippen LogP contribution >= 0.6 is 15.9 Å². The number of hydrogen-bond acceptors (Lipinski definition) is 8. The highest BCUT2D eigenvalue weighted by Gasteiger charge is 2.15. The maximum absolute atomic E-state index is 12.2.